The molecule has 0 fully saturated rings. The van der Waals surface area contributed by atoms with Gasteiger partial charge in [0.1, 0.15) is 0 Å². The first-order chi connectivity index (χ1) is 9.15. The van der Waals surface area contributed by atoms with E-state index in [1.165, 1.54) is 0 Å². The molecule has 19 heavy (non-hydrogen) atoms. The molecule has 0 amide bonds. The summed E-state index contributed by atoms with van der Waals surface area (Å²) in [5.74, 6) is 0.722. The van der Waals surface area contributed by atoms with Crippen LogP contribution in [0.1, 0.15) is 13.8 Å². The summed E-state index contributed by atoms with van der Waals surface area (Å²) in [6, 6.07) is 3.86. The standard InChI is InChI=1S/C13H18Cl2N4/c1-3-19(4-2)9-7-10(14)12(11(15)8-9)18-13-16-5-6-17-13/h7-8H,3-6H2,1-2H3,(H2,16,17,18). The highest BCUT2D eigenvalue weighted by atomic mass is 35.5. The third kappa shape index (κ3) is 3.25. The largest absolute Gasteiger partial charge is 0.372 e. The Hall–Kier alpha value is -1.13. The highest BCUT2D eigenvalue weighted by Gasteiger charge is 2.14. The monoisotopic (exact) mass is 300 g/mol. The quantitative estimate of drug-likeness (QED) is 0.897. The molecule has 0 atom stereocenters. The number of anilines is 2. The van der Waals surface area contributed by atoms with Crippen LogP contribution in [0.15, 0.2) is 17.1 Å². The van der Waals surface area contributed by atoms with Crippen LogP contribution in [0.3, 0.4) is 0 Å². The molecule has 2 N–H and O–H groups in total. The number of guanidine groups is 1. The number of halogens is 2. The predicted octanol–water partition coefficient (Wildman–Crippen LogP) is 3.21. The number of hydrogen-bond acceptors (Lipinski definition) is 4. The normalized spacial score (nSPS) is 14.0. The lowest BCUT2D eigenvalue weighted by molar-refractivity contribution is 0.866. The first-order valence-electron chi connectivity index (χ1n) is 6.45. The van der Waals surface area contributed by atoms with Crippen molar-refractivity contribution in [2.24, 2.45) is 4.99 Å². The van der Waals surface area contributed by atoms with Gasteiger partial charge in [0.05, 0.1) is 22.3 Å². The van der Waals surface area contributed by atoms with Gasteiger partial charge in [0.2, 0.25) is 0 Å². The molecule has 6 heteroatoms. The maximum Gasteiger partial charge on any atom is 0.196 e. The van der Waals surface area contributed by atoms with Crippen LogP contribution in [-0.2, 0) is 0 Å². The van der Waals surface area contributed by atoms with Gasteiger partial charge in [-0.15, -0.1) is 0 Å². The van der Waals surface area contributed by atoms with Crippen LogP contribution in [-0.4, -0.2) is 32.1 Å². The van der Waals surface area contributed by atoms with E-state index in [1.807, 2.05) is 12.1 Å². The van der Waals surface area contributed by atoms with Crippen LogP contribution >= 0.6 is 23.2 Å². The highest BCUT2D eigenvalue weighted by Crippen LogP contribution is 2.35. The van der Waals surface area contributed by atoms with E-state index >= 15 is 0 Å². The lowest BCUT2D eigenvalue weighted by Gasteiger charge is -2.22. The Bertz CT molecular complexity index is 461. The van der Waals surface area contributed by atoms with Crippen molar-refractivity contribution in [3.8, 4) is 0 Å². The van der Waals surface area contributed by atoms with Gasteiger partial charge in [-0.05, 0) is 26.0 Å². The first-order valence-corrected chi connectivity index (χ1v) is 7.20. The van der Waals surface area contributed by atoms with Crippen LogP contribution in [0.4, 0.5) is 11.4 Å². The number of hydrogen-bond donors (Lipinski definition) is 2. The molecule has 104 valence electrons. The van der Waals surface area contributed by atoms with Crippen molar-refractivity contribution < 1.29 is 0 Å². The van der Waals surface area contributed by atoms with Crippen molar-refractivity contribution >= 4 is 40.5 Å². The second kappa shape index (κ2) is 6.35. The minimum atomic E-state index is 0.603. The number of rotatable bonds is 4. The molecule has 0 radical (unpaired) electrons. The van der Waals surface area contributed by atoms with Crippen LogP contribution in [0.25, 0.3) is 0 Å². The summed E-state index contributed by atoms with van der Waals surface area (Å²) in [6.07, 6.45) is 0. The molecular weight excluding hydrogens is 283 g/mol. The summed E-state index contributed by atoms with van der Waals surface area (Å²) in [6.45, 7) is 7.67. The molecule has 0 unspecified atom stereocenters. The maximum absolute atomic E-state index is 6.31. The average molecular weight is 301 g/mol. The fraction of sp³-hybridized carbons (Fsp3) is 0.462. The fourth-order valence-corrected chi connectivity index (χ4v) is 2.62. The molecule has 1 aromatic carbocycles. The van der Waals surface area contributed by atoms with Crippen LogP contribution in [0, 0.1) is 0 Å². The molecule has 0 spiro atoms. The molecule has 1 aliphatic heterocycles. The Morgan fingerprint density at radius 1 is 1.26 bits per heavy atom. The molecular formula is C13H18Cl2N4. The molecule has 0 aromatic heterocycles. The van der Waals surface area contributed by atoms with E-state index in [-0.39, 0.29) is 0 Å². The minimum absolute atomic E-state index is 0.603. The molecule has 0 bridgehead atoms. The second-order valence-corrected chi connectivity index (χ2v) is 5.05. The third-order valence-corrected chi connectivity index (χ3v) is 3.67. The molecule has 0 aliphatic carbocycles. The van der Waals surface area contributed by atoms with Crippen LogP contribution < -0.4 is 15.5 Å². The molecule has 2 rings (SSSR count). The van der Waals surface area contributed by atoms with Crippen molar-refractivity contribution in [2.45, 2.75) is 13.8 Å². The van der Waals surface area contributed by atoms with Gasteiger partial charge in [0.25, 0.3) is 0 Å². The first kappa shape index (κ1) is 14.3. The summed E-state index contributed by atoms with van der Waals surface area (Å²) in [5, 5.41) is 7.47. The number of aliphatic imine (C=N–C) groups is 1. The maximum atomic E-state index is 6.31. The Morgan fingerprint density at radius 3 is 2.37 bits per heavy atom. The fourth-order valence-electron chi connectivity index (χ4n) is 2.05. The van der Waals surface area contributed by atoms with Gasteiger partial charge < -0.3 is 15.5 Å². The van der Waals surface area contributed by atoms with E-state index in [4.69, 9.17) is 23.2 Å². The number of nitrogens with one attached hydrogen (secondary N) is 2. The van der Waals surface area contributed by atoms with E-state index in [0.717, 1.165) is 37.8 Å². The number of nitrogens with zero attached hydrogens (tertiary/aromatic N) is 2. The van der Waals surface area contributed by atoms with Crippen molar-refractivity contribution in [1.29, 1.82) is 0 Å². The van der Waals surface area contributed by atoms with E-state index < -0.39 is 0 Å². The predicted molar refractivity (Wildman–Crippen MR) is 84.0 cm³/mol. The van der Waals surface area contributed by atoms with Crippen molar-refractivity contribution in [3.05, 3.63) is 22.2 Å². The minimum Gasteiger partial charge on any atom is -0.372 e. The highest BCUT2D eigenvalue weighted by molar-refractivity contribution is 6.40. The van der Waals surface area contributed by atoms with Gasteiger partial charge in [0.15, 0.2) is 5.96 Å². The lowest BCUT2D eigenvalue weighted by Crippen LogP contribution is -2.26. The zero-order valence-electron chi connectivity index (χ0n) is 11.1. The van der Waals surface area contributed by atoms with E-state index in [1.54, 1.807) is 0 Å². The summed E-state index contributed by atoms with van der Waals surface area (Å²) in [7, 11) is 0. The molecule has 1 aromatic rings. The topological polar surface area (TPSA) is 39.7 Å². The van der Waals surface area contributed by atoms with Crippen molar-refractivity contribution in [2.75, 3.05) is 36.4 Å². The van der Waals surface area contributed by atoms with Gasteiger partial charge in [-0.3, -0.25) is 4.99 Å². The van der Waals surface area contributed by atoms with E-state index in [2.05, 4.69) is 34.4 Å². The smallest absolute Gasteiger partial charge is 0.196 e. The average Bonchev–Trinajstić information content (AvgIpc) is 2.88. The lowest BCUT2D eigenvalue weighted by atomic mass is 10.2. The summed E-state index contributed by atoms with van der Waals surface area (Å²) >= 11 is 12.6. The van der Waals surface area contributed by atoms with Crippen molar-refractivity contribution in [1.82, 2.24) is 5.32 Å². The molecule has 0 saturated heterocycles. The summed E-state index contributed by atoms with van der Waals surface area (Å²) in [5.41, 5.74) is 1.74. The second-order valence-electron chi connectivity index (χ2n) is 4.24. The summed E-state index contributed by atoms with van der Waals surface area (Å²) < 4.78 is 0. The molecule has 0 saturated carbocycles. The number of benzene rings is 1. The van der Waals surface area contributed by atoms with Crippen LogP contribution in [0.5, 0.6) is 0 Å². The molecule has 1 aliphatic rings. The Labute approximate surface area is 123 Å². The van der Waals surface area contributed by atoms with Gasteiger partial charge in [-0.2, -0.15) is 0 Å². The van der Waals surface area contributed by atoms with E-state index in [9.17, 15) is 0 Å². The van der Waals surface area contributed by atoms with Gasteiger partial charge in [-0.25, -0.2) is 0 Å². The Morgan fingerprint density at radius 2 is 1.89 bits per heavy atom. The molecule has 4 nitrogen and oxygen atoms in total. The zero-order chi connectivity index (χ0) is 13.8. The van der Waals surface area contributed by atoms with Crippen molar-refractivity contribution in [3.63, 3.8) is 0 Å². The SMILES string of the molecule is CCN(CC)c1cc(Cl)c(NC2=NCCN2)c(Cl)c1. The Kier molecular flexibility index (Phi) is 4.77. The Balaban J connectivity index is 2.26. The van der Waals surface area contributed by atoms with Gasteiger partial charge in [-0.1, -0.05) is 23.2 Å². The van der Waals surface area contributed by atoms with Gasteiger partial charge in [0, 0.05) is 25.3 Å². The summed E-state index contributed by atoms with van der Waals surface area (Å²) in [4.78, 5) is 6.47. The van der Waals surface area contributed by atoms with Gasteiger partial charge >= 0.3 is 0 Å². The van der Waals surface area contributed by atoms with Crippen LogP contribution in [0.2, 0.25) is 10.0 Å². The molecule has 1 heterocycles. The zero-order valence-corrected chi connectivity index (χ0v) is 12.6. The third-order valence-electron chi connectivity index (χ3n) is 3.07. The van der Waals surface area contributed by atoms with E-state index in [0.29, 0.717) is 15.7 Å².